The van der Waals surface area contributed by atoms with E-state index in [-0.39, 0.29) is 50.2 Å². The van der Waals surface area contributed by atoms with Crippen LogP contribution >= 0.6 is 0 Å². The van der Waals surface area contributed by atoms with Gasteiger partial charge in [0, 0.05) is 30.1 Å². The molecule has 0 aliphatic rings. The Kier molecular flexibility index (Phi) is 13.0. The maximum absolute atomic E-state index is 13.4. The van der Waals surface area contributed by atoms with E-state index < -0.39 is 23.8 Å². The van der Waals surface area contributed by atoms with Gasteiger partial charge < -0.3 is 25.5 Å². The van der Waals surface area contributed by atoms with Gasteiger partial charge in [-0.05, 0) is 61.4 Å². The van der Waals surface area contributed by atoms with Crippen molar-refractivity contribution >= 4 is 28.7 Å². The minimum Gasteiger partial charge on any atom is -0.463 e. The highest BCUT2D eigenvalue weighted by Gasteiger charge is 2.26. The molecule has 0 bridgehead atoms. The quantitative estimate of drug-likeness (QED) is 0.132. The van der Waals surface area contributed by atoms with Crippen molar-refractivity contribution in [2.75, 3.05) is 19.8 Å². The second-order valence-electron chi connectivity index (χ2n) is 10.3. The Labute approximate surface area is 246 Å². The molecular weight excluding hydrogens is 537 g/mol. The molecule has 42 heavy (non-hydrogen) atoms. The average Bonchev–Trinajstić information content (AvgIpc) is 3.40. The number of amides is 2. The Morgan fingerprint density at radius 2 is 1.79 bits per heavy atom. The second kappa shape index (κ2) is 16.9. The number of rotatable bonds is 18. The van der Waals surface area contributed by atoms with Crippen molar-refractivity contribution in [2.45, 2.75) is 44.6 Å². The number of allylic oxidation sites excluding steroid dienone is 2. The molecule has 9 heteroatoms. The van der Waals surface area contributed by atoms with Gasteiger partial charge in [-0.1, -0.05) is 42.5 Å². The first-order valence-corrected chi connectivity index (χ1v) is 14.2. The highest BCUT2D eigenvalue weighted by molar-refractivity contribution is 5.86. The molecule has 8 nitrogen and oxygen atoms in total. The fourth-order valence-electron chi connectivity index (χ4n) is 4.84. The number of aliphatic hydroxyl groups excluding tert-OH is 1. The highest BCUT2D eigenvalue weighted by atomic mass is 19.1. The molecule has 0 aliphatic carbocycles. The number of esters is 1. The standard InChI is InChI=1S/C33H40FN3O5/c1-3-5-9-25(18-23-12-14-27(34)15-13-23)33(41)42-22-28(19-26-21-36-30-11-7-6-10-29(26)30)37-32(40)24(8-4-2)20-31(39)35-16-17-38/h3-4,6-7,10-15,21,24-25,28,36,38H,1-2,5,8-9,16-20,22H2,(H,35,39)(H,37,40)/t24-,25-,28+/m0/s1. The lowest BCUT2D eigenvalue weighted by Gasteiger charge is -2.23. The van der Waals surface area contributed by atoms with Crippen LogP contribution in [0.3, 0.4) is 0 Å². The highest BCUT2D eigenvalue weighted by Crippen LogP contribution is 2.21. The zero-order valence-electron chi connectivity index (χ0n) is 23.8. The van der Waals surface area contributed by atoms with E-state index in [2.05, 4.69) is 28.8 Å². The topological polar surface area (TPSA) is 121 Å². The summed E-state index contributed by atoms with van der Waals surface area (Å²) in [4.78, 5) is 42.1. The Balaban J connectivity index is 1.76. The SMILES string of the molecule is C=CCC[C@@H](Cc1ccc(F)cc1)C(=O)OC[C@@H](Cc1c[nH]c2ccccc12)NC(=O)[C@@H](CC=C)CC(=O)NCCO. The zero-order valence-corrected chi connectivity index (χ0v) is 23.8. The summed E-state index contributed by atoms with van der Waals surface area (Å²) in [5.74, 6) is -2.62. The van der Waals surface area contributed by atoms with E-state index in [9.17, 15) is 18.8 Å². The number of ether oxygens (including phenoxy) is 1. The van der Waals surface area contributed by atoms with Crippen molar-refractivity contribution in [3.05, 3.63) is 97.0 Å². The van der Waals surface area contributed by atoms with E-state index in [0.717, 1.165) is 22.0 Å². The molecule has 3 aromatic rings. The number of para-hydroxylation sites is 1. The van der Waals surface area contributed by atoms with Crippen LogP contribution in [0.25, 0.3) is 10.9 Å². The molecule has 2 aromatic carbocycles. The number of aliphatic hydroxyl groups is 1. The lowest BCUT2D eigenvalue weighted by molar-refractivity contribution is -0.150. The van der Waals surface area contributed by atoms with Gasteiger partial charge in [0.05, 0.1) is 24.5 Å². The summed E-state index contributed by atoms with van der Waals surface area (Å²) in [5.41, 5.74) is 2.71. The molecule has 0 fully saturated rings. The van der Waals surface area contributed by atoms with Crippen LogP contribution in [0.1, 0.15) is 36.8 Å². The molecule has 0 unspecified atom stereocenters. The zero-order chi connectivity index (χ0) is 30.3. The van der Waals surface area contributed by atoms with Gasteiger partial charge in [0.15, 0.2) is 0 Å². The van der Waals surface area contributed by atoms with Crippen molar-refractivity contribution < 1.29 is 28.6 Å². The third-order valence-corrected chi connectivity index (χ3v) is 7.05. The molecule has 3 atom stereocenters. The monoisotopic (exact) mass is 577 g/mol. The van der Waals surface area contributed by atoms with E-state index in [1.807, 2.05) is 30.5 Å². The van der Waals surface area contributed by atoms with Crippen LogP contribution < -0.4 is 10.6 Å². The predicted molar refractivity (Wildman–Crippen MR) is 161 cm³/mol. The van der Waals surface area contributed by atoms with E-state index in [4.69, 9.17) is 9.84 Å². The van der Waals surface area contributed by atoms with Crippen molar-refractivity contribution in [3.63, 3.8) is 0 Å². The first-order valence-electron chi connectivity index (χ1n) is 14.2. The Morgan fingerprint density at radius 3 is 2.50 bits per heavy atom. The summed E-state index contributed by atoms with van der Waals surface area (Å²) in [7, 11) is 0. The number of benzene rings is 2. The Bertz CT molecular complexity index is 1340. The predicted octanol–water partition coefficient (Wildman–Crippen LogP) is 4.39. The third kappa shape index (κ3) is 9.99. The Hall–Kier alpha value is -4.24. The number of aromatic amines is 1. The summed E-state index contributed by atoms with van der Waals surface area (Å²) in [5, 5.41) is 15.6. The fourth-order valence-corrected chi connectivity index (χ4v) is 4.84. The van der Waals surface area contributed by atoms with Gasteiger partial charge in [-0.15, -0.1) is 13.2 Å². The number of carbonyl (C=O) groups is 3. The molecule has 4 N–H and O–H groups in total. The first-order chi connectivity index (χ1) is 20.3. The van der Waals surface area contributed by atoms with Crippen LogP contribution in [0.4, 0.5) is 4.39 Å². The molecule has 0 spiro atoms. The number of halogens is 1. The molecule has 0 aliphatic heterocycles. The summed E-state index contributed by atoms with van der Waals surface area (Å²) in [6.45, 7) is 7.30. The lowest BCUT2D eigenvalue weighted by Crippen LogP contribution is -2.44. The summed E-state index contributed by atoms with van der Waals surface area (Å²) in [6, 6.07) is 13.3. The smallest absolute Gasteiger partial charge is 0.309 e. The van der Waals surface area contributed by atoms with Crippen molar-refractivity contribution in [1.29, 1.82) is 0 Å². The number of H-pyrrole nitrogens is 1. The number of hydrogen-bond acceptors (Lipinski definition) is 5. The van der Waals surface area contributed by atoms with Gasteiger partial charge in [-0.2, -0.15) is 0 Å². The molecule has 0 saturated carbocycles. The summed E-state index contributed by atoms with van der Waals surface area (Å²) < 4.78 is 19.2. The molecular formula is C33H40FN3O5. The number of carbonyl (C=O) groups excluding carboxylic acids is 3. The second-order valence-corrected chi connectivity index (χ2v) is 10.3. The molecule has 0 saturated heterocycles. The Morgan fingerprint density at radius 1 is 1.02 bits per heavy atom. The van der Waals surface area contributed by atoms with Crippen LogP contribution in [0.5, 0.6) is 0 Å². The minimum atomic E-state index is -0.679. The summed E-state index contributed by atoms with van der Waals surface area (Å²) in [6.07, 6.45) is 7.29. The largest absolute Gasteiger partial charge is 0.463 e. The van der Waals surface area contributed by atoms with Crippen LogP contribution in [0.15, 0.2) is 80.0 Å². The fraction of sp³-hybridized carbons (Fsp3) is 0.364. The van der Waals surface area contributed by atoms with Gasteiger partial charge in [0.25, 0.3) is 0 Å². The number of fused-ring (bicyclic) bond motifs is 1. The van der Waals surface area contributed by atoms with Gasteiger partial charge in [-0.25, -0.2) is 4.39 Å². The van der Waals surface area contributed by atoms with E-state index in [1.165, 1.54) is 12.1 Å². The van der Waals surface area contributed by atoms with Crippen molar-refractivity contribution in [2.24, 2.45) is 11.8 Å². The number of hydrogen-bond donors (Lipinski definition) is 4. The van der Waals surface area contributed by atoms with Crippen molar-refractivity contribution in [1.82, 2.24) is 15.6 Å². The first kappa shape index (κ1) is 32.3. The van der Waals surface area contributed by atoms with Crippen LogP contribution in [0, 0.1) is 17.7 Å². The van der Waals surface area contributed by atoms with Gasteiger partial charge >= 0.3 is 5.97 Å². The molecule has 0 radical (unpaired) electrons. The van der Waals surface area contributed by atoms with Gasteiger partial charge in [-0.3, -0.25) is 14.4 Å². The maximum atomic E-state index is 13.4. The average molecular weight is 578 g/mol. The molecule has 3 rings (SSSR count). The maximum Gasteiger partial charge on any atom is 0.309 e. The lowest BCUT2D eigenvalue weighted by atomic mass is 9.94. The number of nitrogens with one attached hydrogen (secondary N) is 3. The van der Waals surface area contributed by atoms with E-state index >= 15 is 0 Å². The van der Waals surface area contributed by atoms with Crippen molar-refractivity contribution in [3.8, 4) is 0 Å². The van der Waals surface area contributed by atoms with Crippen LogP contribution in [-0.4, -0.2) is 53.7 Å². The normalized spacial score (nSPS) is 13.1. The summed E-state index contributed by atoms with van der Waals surface area (Å²) >= 11 is 0. The third-order valence-electron chi connectivity index (χ3n) is 7.05. The van der Waals surface area contributed by atoms with E-state index in [0.29, 0.717) is 25.7 Å². The molecule has 2 amide bonds. The van der Waals surface area contributed by atoms with Gasteiger partial charge in [0.2, 0.25) is 11.8 Å². The van der Waals surface area contributed by atoms with E-state index in [1.54, 1.807) is 24.3 Å². The number of aromatic nitrogens is 1. The molecule has 1 heterocycles. The van der Waals surface area contributed by atoms with Gasteiger partial charge in [0.1, 0.15) is 12.4 Å². The van der Waals surface area contributed by atoms with Crippen LogP contribution in [-0.2, 0) is 32.0 Å². The minimum absolute atomic E-state index is 0.0707. The molecule has 224 valence electrons. The molecule has 1 aromatic heterocycles. The van der Waals surface area contributed by atoms with Crippen LogP contribution in [0.2, 0.25) is 0 Å².